The molecule has 0 unspecified atom stereocenters. The Morgan fingerprint density at radius 2 is 2.00 bits per heavy atom. The van der Waals surface area contributed by atoms with Gasteiger partial charge in [0.15, 0.2) is 4.80 Å². The number of ether oxygens (including phenoxy) is 2. The molecule has 1 N–H and O–H groups in total. The monoisotopic (exact) mass is 409 g/mol. The number of hydrogen-bond donors (Lipinski definition) is 1. The highest BCUT2D eigenvalue weighted by Gasteiger charge is 2.14. The number of methoxy groups -OCH3 is 2. The normalized spacial score (nSPS) is 12.0. The number of benzene rings is 2. The highest BCUT2D eigenvalue weighted by atomic mass is 32.1. The quantitative estimate of drug-likeness (QED) is 0.512. The largest absolute Gasteiger partial charge is 0.465 e. The number of hydrogen-bond acceptors (Lipinski definition) is 5. The van der Waals surface area contributed by atoms with Gasteiger partial charge < -0.3 is 19.0 Å². The number of aromatic nitrogens is 2. The number of amides is 1. The number of carbonyl (C=O) groups is 2. The maximum Gasteiger partial charge on any atom is 0.337 e. The zero-order valence-electron chi connectivity index (χ0n) is 16.0. The Morgan fingerprint density at radius 1 is 1.17 bits per heavy atom. The topological polar surface area (TPSA) is 85.7 Å². The summed E-state index contributed by atoms with van der Waals surface area (Å²) < 4.78 is 12.8. The molecule has 0 atom stereocenters. The van der Waals surface area contributed by atoms with E-state index in [1.54, 1.807) is 25.4 Å². The van der Waals surface area contributed by atoms with Crippen molar-refractivity contribution >= 4 is 44.3 Å². The van der Waals surface area contributed by atoms with E-state index in [0.29, 0.717) is 29.1 Å². The summed E-state index contributed by atoms with van der Waals surface area (Å²) in [7, 11) is 2.97. The summed E-state index contributed by atoms with van der Waals surface area (Å²) in [6.07, 6.45) is 1.68. The molecule has 1 amide bonds. The van der Waals surface area contributed by atoms with E-state index in [0.717, 1.165) is 21.1 Å². The van der Waals surface area contributed by atoms with E-state index < -0.39 is 5.97 Å². The Labute approximate surface area is 170 Å². The van der Waals surface area contributed by atoms with Crippen molar-refractivity contribution in [1.29, 1.82) is 0 Å². The van der Waals surface area contributed by atoms with Crippen LogP contribution in [-0.2, 0) is 16.0 Å². The van der Waals surface area contributed by atoms with Crippen LogP contribution in [0.5, 0.6) is 0 Å². The van der Waals surface area contributed by atoms with Crippen molar-refractivity contribution in [3.63, 3.8) is 0 Å². The second kappa shape index (κ2) is 8.02. The van der Waals surface area contributed by atoms with Crippen LogP contribution in [0.3, 0.4) is 0 Å². The first kappa shape index (κ1) is 19.1. The van der Waals surface area contributed by atoms with Crippen LogP contribution in [0.1, 0.15) is 20.7 Å². The van der Waals surface area contributed by atoms with Gasteiger partial charge in [0.05, 0.1) is 35.1 Å². The number of esters is 1. The van der Waals surface area contributed by atoms with Gasteiger partial charge in [0, 0.05) is 30.8 Å². The lowest BCUT2D eigenvalue weighted by Gasteiger charge is -2.05. The van der Waals surface area contributed by atoms with Crippen LogP contribution in [0, 0.1) is 0 Å². The molecule has 2 aromatic heterocycles. The summed E-state index contributed by atoms with van der Waals surface area (Å²) in [5.74, 6) is -0.731. The van der Waals surface area contributed by atoms with E-state index in [2.05, 4.69) is 9.98 Å². The smallest absolute Gasteiger partial charge is 0.337 e. The average molecular weight is 409 g/mol. The van der Waals surface area contributed by atoms with Crippen molar-refractivity contribution in [2.75, 3.05) is 20.8 Å². The first-order valence-electron chi connectivity index (χ1n) is 8.98. The number of aromatic amines is 1. The Bertz CT molecular complexity index is 1280. The predicted molar refractivity (Wildman–Crippen MR) is 111 cm³/mol. The molecule has 2 aromatic carbocycles. The van der Waals surface area contributed by atoms with Crippen LogP contribution in [0.4, 0.5) is 0 Å². The fourth-order valence-corrected chi connectivity index (χ4v) is 4.29. The molecule has 0 spiro atoms. The highest BCUT2D eigenvalue weighted by molar-refractivity contribution is 7.16. The number of para-hydroxylation sites is 1. The van der Waals surface area contributed by atoms with E-state index in [9.17, 15) is 9.59 Å². The van der Waals surface area contributed by atoms with Gasteiger partial charge in [-0.05, 0) is 24.3 Å². The number of fused-ring (bicyclic) bond motifs is 2. The second-order valence-corrected chi connectivity index (χ2v) is 7.38. The summed E-state index contributed by atoms with van der Waals surface area (Å²) in [5.41, 5.74) is 2.74. The van der Waals surface area contributed by atoms with Gasteiger partial charge in [-0.15, -0.1) is 0 Å². The molecule has 0 fully saturated rings. The average Bonchev–Trinajstić information content (AvgIpc) is 3.32. The Balaban J connectivity index is 1.84. The van der Waals surface area contributed by atoms with E-state index in [-0.39, 0.29) is 5.91 Å². The Morgan fingerprint density at radius 3 is 2.79 bits per heavy atom. The highest BCUT2D eigenvalue weighted by Crippen LogP contribution is 2.21. The SMILES string of the molecule is COCCn1c(=NC(=O)c2c[nH]c3ccccc23)sc2cc(C(=O)OC)ccc21. The second-order valence-electron chi connectivity index (χ2n) is 6.37. The van der Waals surface area contributed by atoms with Gasteiger partial charge in [0.2, 0.25) is 0 Å². The molecule has 0 radical (unpaired) electrons. The summed E-state index contributed by atoms with van der Waals surface area (Å²) in [4.78, 5) is 32.8. The molecule has 2 heterocycles. The van der Waals surface area contributed by atoms with Gasteiger partial charge in [0.1, 0.15) is 0 Å². The van der Waals surface area contributed by atoms with E-state index in [1.807, 2.05) is 34.9 Å². The Kier molecular flexibility index (Phi) is 5.28. The molecule has 7 nitrogen and oxygen atoms in total. The zero-order chi connectivity index (χ0) is 20.4. The number of rotatable bonds is 5. The lowest BCUT2D eigenvalue weighted by Crippen LogP contribution is -2.19. The molecule has 0 aliphatic heterocycles. The maximum absolute atomic E-state index is 12.9. The fourth-order valence-electron chi connectivity index (χ4n) is 3.20. The third-order valence-electron chi connectivity index (χ3n) is 4.64. The van der Waals surface area contributed by atoms with Crippen molar-refractivity contribution in [2.45, 2.75) is 6.54 Å². The Hall–Kier alpha value is -3.23. The van der Waals surface area contributed by atoms with Crippen molar-refractivity contribution in [3.8, 4) is 0 Å². The fraction of sp³-hybridized carbons (Fsp3) is 0.190. The minimum Gasteiger partial charge on any atom is -0.465 e. The number of H-pyrrole nitrogens is 1. The lowest BCUT2D eigenvalue weighted by atomic mass is 10.2. The van der Waals surface area contributed by atoms with Crippen LogP contribution >= 0.6 is 11.3 Å². The van der Waals surface area contributed by atoms with Crippen molar-refractivity contribution in [2.24, 2.45) is 4.99 Å². The van der Waals surface area contributed by atoms with Crippen molar-refractivity contribution in [3.05, 3.63) is 64.6 Å². The molecule has 0 saturated heterocycles. The van der Waals surface area contributed by atoms with Crippen LogP contribution in [0.15, 0.2) is 53.7 Å². The number of carbonyl (C=O) groups excluding carboxylic acids is 2. The molecule has 8 heteroatoms. The van der Waals surface area contributed by atoms with Crippen LogP contribution in [-0.4, -0.2) is 42.3 Å². The van der Waals surface area contributed by atoms with Crippen molar-refractivity contribution < 1.29 is 19.1 Å². The molecule has 0 bridgehead atoms. The minimum absolute atomic E-state index is 0.326. The predicted octanol–water partition coefficient (Wildman–Crippen LogP) is 3.36. The van der Waals surface area contributed by atoms with E-state index >= 15 is 0 Å². The van der Waals surface area contributed by atoms with Crippen molar-refractivity contribution in [1.82, 2.24) is 9.55 Å². The summed E-state index contributed by atoms with van der Waals surface area (Å²) in [6, 6.07) is 12.9. The van der Waals surface area contributed by atoms with E-state index in [1.165, 1.54) is 18.4 Å². The third kappa shape index (κ3) is 3.59. The van der Waals surface area contributed by atoms with Gasteiger partial charge in [-0.1, -0.05) is 29.5 Å². The summed E-state index contributed by atoms with van der Waals surface area (Å²) in [6.45, 7) is 1.01. The minimum atomic E-state index is -0.405. The molecular weight excluding hydrogens is 390 g/mol. The number of thiazole rings is 1. The van der Waals surface area contributed by atoms with Gasteiger partial charge in [0.25, 0.3) is 5.91 Å². The van der Waals surface area contributed by atoms with Crippen LogP contribution < -0.4 is 4.80 Å². The van der Waals surface area contributed by atoms with Gasteiger partial charge in [-0.2, -0.15) is 4.99 Å². The number of nitrogens with zero attached hydrogens (tertiary/aromatic N) is 2. The molecule has 0 aliphatic rings. The van der Waals surface area contributed by atoms with E-state index in [4.69, 9.17) is 9.47 Å². The lowest BCUT2D eigenvalue weighted by molar-refractivity contribution is 0.0600. The molecule has 0 aliphatic carbocycles. The summed E-state index contributed by atoms with van der Waals surface area (Å²) in [5, 5.41) is 0.832. The molecular formula is C21H19N3O4S. The zero-order valence-corrected chi connectivity index (χ0v) is 16.8. The van der Waals surface area contributed by atoms with Crippen LogP contribution in [0.2, 0.25) is 0 Å². The maximum atomic E-state index is 12.9. The summed E-state index contributed by atoms with van der Waals surface area (Å²) >= 11 is 1.35. The van der Waals surface area contributed by atoms with Gasteiger partial charge in [-0.3, -0.25) is 4.79 Å². The molecule has 29 heavy (non-hydrogen) atoms. The third-order valence-corrected chi connectivity index (χ3v) is 5.68. The molecule has 0 saturated carbocycles. The molecule has 4 aromatic rings. The first-order valence-corrected chi connectivity index (χ1v) is 9.80. The molecule has 4 rings (SSSR count). The van der Waals surface area contributed by atoms with Gasteiger partial charge in [-0.25, -0.2) is 4.79 Å². The van der Waals surface area contributed by atoms with Gasteiger partial charge >= 0.3 is 5.97 Å². The molecule has 148 valence electrons. The standard InChI is InChI=1S/C21H19N3O4S/c1-27-10-9-24-17-8-7-13(20(26)28-2)11-18(17)29-21(24)23-19(25)15-12-22-16-6-4-3-5-14(15)16/h3-8,11-12,22H,9-10H2,1-2H3. The first-order chi connectivity index (χ1) is 14.1. The number of nitrogens with one attached hydrogen (secondary N) is 1. The van der Waals surface area contributed by atoms with Crippen LogP contribution in [0.25, 0.3) is 21.1 Å².